The zero-order valence-corrected chi connectivity index (χ0v) is 21.0. The van der Waals surface area contributed by atoms with E-state index in [4.69, 9.17) is 5.73 Å². The van der Waals surface area contributed by atoms with Gasteiger partial charge >= 0.3 is 12.4 Å². The molecule has 1 aliphatic rings. The number of nitrogens with one attached hydrogen (secondary N) is 1. The van der Waals surface area contributed by atoms with Gasteiger partial charge in [0, 0.05) is 5.56 Å². The van der Waals surface area contributed by atoms with E-state index in [9.17, 15) is 34.8 Å². The Morgan fingerprint density at radius 1 is 0.925 bits per heavy atom. The van der Waals surface area contributed by atoms with Crippen LogP contribution in [-0.4, -0.2) is 28.2 Å². The third-order valence-corrected chi connectivity index (χ3v) is 7.89. The molecule has 2 aromatic heterocycles. The van der Waals surface area contributed by atoms with Gasteiger partial charge in [0.2, 0.25) is 0 Å². The van der Waals surface area contributed by atoms with Crippen LogP contribution in [0.4, 0.5) is 42.2 Å². The molecule has 16 heteroatoms. The number of hydrogen-bond acceptors (Lipinski definition) is 6. The largest absolute Gasteiger partial charge is 0.416 e. The summed E-state index contributed by atoms with van der Waals surface area (Å²) in [4.78, 5) is 6.90. The summed E-state index contributed by atoms with van der Waals surface area (Å²) in [5, 5.41) is 4.93. The van der Waals surface area contributed by atoms with E-state index in [0.29, 0.717) is 11.0 Å². The SMILES string of the molecule is Nc1ncnc2c1c(-c1ccc(NS(=O)(=O)c3cc(C(F)(F)F)cc(C(F)(F)F)c3)c(F)c1)nn2C1CCCC1. The second kappa shape index (κ2) is 9.60. The van der Waals surface area contributed by atoms with Gasteiger partial charge in [0.15, 0.2) is 5.65 Å². The molecule has 0 unspecified atom stereocenters. The molecule has 1 saturated carbocycles. The smallest absolute Gasteiger partial charge is 0.383 e. The van der Waals surface area contributed by atoms with Gasteiger partial charge in [0.05, 0.1) is 33.1 Å². The van der Waals surface area contributed by atoms with Crippen LogP contribution in [0.1, 0.15) is 42.9 Å². The highest BCUT2D eigenvalue weighted by molar-refractivity contribution is 7.92. The van der Waals surface area contributed by atoms with Gasteiger partial charge in [-0.05, 0) is 43.2 Å². The Kier molecular flexibility index (Phi) is 6.63. The quantitative estimate of drug-likeness (QED) is 0.270. The number of fused-ring (bicyclic) bond motifs is 1. The van der Waals surface area contributed by atoms with E-state index in [1.807, 2.05) is 0 Å². The maximum absolute atomic E-state index is 15.1. The number of rotatable bonds is 5. The van der Waals surface area contributed by atoms with Crippen LogP contribution >= 0.6 is 0 Å². The number of halogens is 7. The first-order chi connectivity index (χ1) is 18.6. The molecule has 0 spiro atoms. The number of aromatic nitrogens is 4. The number of hydrogen-bond donors (Lipinski definition) is 2. The first-order valence-corrected chi connectivity index (χ1v) is 13.2. The molecule has 212 valence electrons. The molecule has 0 bridgehead atoms. The highest BCUT2D eigenvalue weighted by Gasteiger charge is 2.38. The maximum atomic E-state index is 15.1. The summed E-state index contributed by atoms with van der Waals surface area (Å²) in [6.07, 6.45) is -5.60. The number of anilines is 2. The summed E-state index contributed by atoms with van der Waals surface area (Å²) in [6.45, 7) is 0. The van der Waals surface area contributed by atoms with Gasteiger partial charge < -0.3 is 5.73 Å². The van der Waals surface area contributed by atoms with Crippen molar-refractivity contribution in [1.29, 1.82) is 0 Å². The number of sulfonamides is 1. The van der Waals surface area contributed by atoms with E-state index in [-0.39, 0.29) is 41.3 Å². The van der Waals surface area contributed by atoms with Crippen molar-refractivity contribution in [3.63, 3.8) is 0 Å². The third kappa shape index (κ3) is 5.14. The Hall–Kier alpha value is -3.95. The fourth-order valence-electron chi connectivity index (χ4n) is 4.63. The second-order valence-corrected chi connectivity index (χ2v) is 10.9. The van der Waals surface area contributed by atoms with Crippen LogP contribution < -0.4 is 10.5 Å². The summed E-state index contributed by atoms with van der Waals surface area (Å²) >= 11 is 0. The van der Waals surface area contributed by atoms with Crippen LogP contribution in [0, 0.1) is 5.82 Å². The zero-order chi connectivity index (χ0) is 29.0. The van der Waals surface area contributed by atoms with Crippen molar-refractivity contribution >= 4 is 32.6 Å². The van der Waals surface area contributed by atoms with Crippen LogP contribution in [0.15, 0.2) is 47.6 Å². The molecule has 0 radical (unpaired) electrons. The minimum atomic E-state index is -5.27. The van der Waals surface area contributed by atoms with E-state index in [1.54, 1.807) is 9.40 Å². The maximum Gasteiger partial charge on any atom is 0.416 e. The fraction of sp³-hybridized carbons (Fsp3) is 0.292. The standard InChI is InChI=1S/C24H19F7N6O2S/c25-17-7-12(20-19-21(32)33-11-34-22(19)37(35-20)15-3-1-2-4-15)5-6-18(17)36-40(38,39)16-9-13(23(26,27)28)8-14(10-16)24(29,30)31/h5-11,15,36H,1-4H2,(H2,32,33,34). The summed E-state index contributed by atoms with van der Waals surface area (Å²) in [5.41, 5.74) is 2.51. The van der Waals surface area contributed by atoms with Crippen LogP contribution in [0.3, 0.4) is 0 Å². The molecule has 3 N–H and O–H groups in total. The first kappa shape index (κ1) is 27.6. The van der Waals surface area contributed by atoms with Crippen LogP contribution in [-0.2, 0) is 22.4 Å². The van der Waals surface area contributed by atoms with Gasteiger partial charge in [-0.15, -0.1) is 0 Å². The average Bonchev–Trinajstić information content (AvgIpc) is 3.53. The van der Waals surface area contributed by atoms with Gasteiger partial charge in [-0.3, -0.25) is 4.72 Å². The van der Waals surface area contributed by atoms with Crippen molar-refractivity contribution in [3.05, 3.63) is 59.7 Å². The highest BCUT2D eigenvalue weighted by Crippen LogP contribution is 2.39. The van der Waals surface area contributed by atoms with Crippen molar-refractivity contribution in [2.45, 2.75) is 49.0 Å². The van der Waals surface area contributed by atoms with Crippen LogP contribution in [0.2, 0.25) is 0 Å². The molecule has 4 aromatic rings. The molecule has 0 atom stereocenters. The predicted octanol–water partition coefficient (Wildman–Crippen LogP) is 6.17. The predicted molar refractivity (Wildman–Crippen MR) is 130 cm³/mol. The number of alkyl halides is 6. The molecular weight excluding hydrogens is 569 g/mol. The summed E-state index contributed by atoms with van der Waals surface area (Å²) in [7, 11) is -5.08. The summed E-state index contributed by atoms with van der Waals surface area (Å²) < 4.78 is 123. The fourth-order valence-corrected chi connectivity index (χ4v) is 5.77. The van der Waals surface area contributed by atoms with Gasteiger partial charge in [0.25, 0.3) is 10.0 Å². The molecule has 0 amide bonds. The number of nitrogens with zero attached hydrogens (tertiary/aromatic N) is 4. The van der Waals surface area contributed by atoms with Crippen molar-refractivity contribution in [3.8, 4) is 11.3 Å². The normalized spacial score (nSPS) is 15.2. The number of benzene rings is 2. The van der Waals surface area contributed by atoms with E-state index in [2.05, 4.69) is 15.1 Å². The van der Waals surface area contributed by atoms with Crippen molar-refractivity contribution in [2.75, 3.05) is 10.5 Å². The van der Waals surface area contributed by atoms with E-state index in [1.165, 1.54) is 12.4 Å². The zero-order valence-electron chi connectivity index (χ0n) is 20.2. The molecule has 5 rings (SSSR count). The average molecular weight is 589 g/mol. The minimum Gasteiger partial charge on any atom is -0.383 e. The topological polar surface area (TPSA) is 116 Å². The lowest BCUT2D eigenvalue weighted by molar-refractivity contribution is -0.143. The Morgan fingerprint density at radius 2 is 1.55 bits per heavy atom. The van der Waals surface area contributed by atoms with Crippen molar-refractivity contribution in [2.24, 2.45) is 0 Å². The second-order valence-electron chi connectivity index (χ2n) is 9.23. The minimum absolute atomic E-state index is 0.0361. The lowest BCUT2D eigenvalue weighted by Crippen LogP contribution is -2.18. The Labute approximate surface area is 222 Å². The number of nitrogens with two attached hydrogens (primary N) is 1. The van der Waals surface area contributed by atoms with Crippen molar-refractivity contribution in [1.82, 2.24) is 19.7 Å². The summed E-state index contributed by atoms with van der Waals surface area (Å²) in [6, 6.07) is 3.07. The molecule has 0 saturated heterocycles. The Bertz CT molecular complexity index is 1680. The monoisotopic (exact) mass is 588 g/mol. The number of nitrogen functional groups attached to an aromatic ring is 1. The van der Waals surface area contributed by atoms with Crippen molar-refractivity contribution < 1.29 is 39.2 Å². The molecule has 2 aromatic carbocycles. The van der Waals surface area contributed by atoms with Gasteiger partial charge in [-0.25, -0.2) is 27.5 Å². The van der Waals surface area contributed by atoms with Gasteiger partial charge in [-0.2, -0.15) is 31.4 Å². The molecule has 2 heterocycles. The van der Waals surface area contributed by atoms with Crippen LogP contribution in [0.5, 0.6) is 0 Å². The first-order valence-electron chi connectivity index (χ1n) is 11.8. The van der Waals surface area contributed by atoms with Crippen LogP contribution in [0.25, 0.3) is 22.3 Å². The lowest BCUT2D eigenvalue weighted by Gasteiger charge is -2.15. The Balaban J connectivity index is 1.53. The molecule has 1 aliphatic carbocycles. The Morgan fingerprint density at radius 3 is 2.12 bits per heavy atom. The molecule has 40 heavy (non-hydrogen) atoms. The van der Waals surface area contributed by atoms with E-state index < -0.39 is 49.9 Å². The van der Waals surface area contributed by atoms with E-state index in [0.717, 1.165) is 37.8 Å². The van der Waals surface area contributed by atoms with Gasteiger partial charge in [0.1, 0.15) is 23.7 Å². The molecule has 1 fully saturated rings. The lowest BCUT2D eigenvalue weighted by atomic mass is 10.1. The van der Waals surface area contributed by atoms with Gasteiger partial charge in [-0.1, -0.05) is 18.9 Å². The summed E-state index contributed by atoms with van der Waals surface area (Å²) in [5.74, 6) is -1.08. The highest BCUT2D eigenvalue weighted by atomic mass is 32.2. The third-order valence-electron chi connectivity index (χ3n) is 6.55. The molecular formula is C24H19F7N6O2S. The van der Waals surface area contributed by atoms with E-state index >= 15 is 4.39 Å². The molecule has 8 nitrogen and oxygen atoms in total. The molecule has 0 aliphatic heterocycles.